The molecule has 2 nitrogen and oxygen atoms in total. The molecule has 0 heterocycles. The van der Waals surface area contributed by atoms with Crippen LogP contribution in [0.4, 0.5) is 13.2 Å². The van der Waals surface area contributed by atoms with E-state index in [9.17, 15) is 18.0 Å². The van der Waals surface area contributed by atoms with Crippen molar-refractivity contribution in [3.8, 4) is 0 Å². The highest BCUT2D eigenvalue weighted by Crippen LogP contribution is 2.35. The third-order valence-corrected chi connectivity index (χ3v) is 2.15. The Morgan fingerprint density at radius 1 is 1.50 bits per heavy atom. The monoisotopic (exact) mass is 226 g/mol. The fourth-order valence-electron chi connectivity index (χ4n) is 1.22. The van der Waals surface area contributed by atoms with Gasteiger partial charge in [-0.3, -0.25) is 4.79 Å². The molecule has 0 aliphatic heterocycles. The maximum atomic E-state index is 11.7. The lowest BCUT2D eigenvalue weighted by molar-refractivity contribution is -0.116. The van der Waals surface area contributed by atoms with Crippen molar-refractivity contribution >= 4 is 17.8 Å². The van der Waals surface area contributed by atoms with Gasteiger partial charge >= 0.3 is 5.51 Å². The number of hydrogen-bond donors (Lipinski definition) is 0. The Morgan fingerprint density at radius 3 is 2.64 bits per heavy atom. The van der Waals surface area contributed by atoms with Gasteiger partial charge in [-0.15, -0.1) is 0 Å². The number of carbonyl (C=O) groups excluding carboxylic acids is 1. The Hall–Kier alpha value is -0.650. The second kappa shape index (κ2) is 4.25. The molecule has 14 heavy (non-hydrogen) atoms. The molecule has 1 aliphatic carbocycles. The second-order valence-corrected chi connectivity index (χ2v) is 4.00. The first kappa shape index (κ1) is 11.4. The van der Waals surface area contributed by atoms with Crippen molar-refractivity contribution in [2.24, 2.45) is 5.92 Å². The second-order valence-electron chi connectivity index (χ2n) is 3.20. The summed E-state index contributed by atoms with van der Waals surface area (Å²) in [6.45, 7) is 1.80. The van der Waals surface area contributed by atoms with E-state index >= 15 is 0 Å². The number of hydrogen-bond acceptors (Lipinski definition) is 3. The quantitative estimate of drug-likeness (QED) is 0.677. The molecule has 0 aromatic rings. The molecule has 6 heteroatoms. The highest BCUT2D eigenvalue weighted by molar-refractivity contribution is 7.95. The standard InChI is InChI=1S/C8H9F3O2S/c1-5-2-6(12)4-7(3-5)13-14-8(9,10)11/h4-5H,2-3H2,1H3. The van der Waals surface area contributed by atoms with Crippen LogP contribution in [0.1, 0.15) is 19.8 Å². The third kappa shape index (κ3) is 4.04. The maximum absolute atomic E-state index is 11.7. The molecule has 0 N–H and O–H groups in total. The fraction of sp³-hybridized carbons (Fsp3) is 0.625. The molecular formula is C8H9F3O2S. The molecule has 1 rings (SSSR count). The van der Waals surface area contributed by atoms with Gasteiger partial charge in [-0.05, 0) is 5.92 Å². The summed E-state index contributed by atoms with van der Waals surface area (Å²) in [4.78, 5) is 11.0. The van der Waals surface area contributed by atoms with Gasteiger partial charge in [0.1, 0.15) is 5.76 Å². The summed E-state index contributed by atoms with van der Waals surface area (Å²) in [7, 11) is 0. The normalized spacial score (nSPS) is 23.3. The maximum Gasteiger partial charge on any atom is 0.479 e. The van der Waals surface area contributed by atoms with Gasteiger partial charge in [-0.25, -0.2) is 0 Å². The SMILES string of the molecule is CC1CC(=O)C=C(OSC(F)(F)F)C1. The summed E-state index contributed by atoms with van der Waals surface area (Å²) in [5, 5.41) is 0. The number of halogens is 3. The molecule has 0 saturated heterocycles. The Kier molecular flexibility index (Phi) is 3.47. The van der Waals surface area contributed by atoms with Crippen LogP contribution >= 0.6 is 12.0 Å². The van der Waals surface area contributed by atoms with Gasteiger partial charge in [0.25, 0.3) is 0 Å². The highest BCUT2D eigenvalue weighted by atomic mass is 32.2. The van der Waals surface area contributed by atoms with Gasteiger partial charge in [0.2, 0.25) is 0 Å². The zero-order valence-corrected chi connectivity index (χ0v) is 8.24. The van der Waals surface area contributed by atoms with Gasteiger partial charge in [-0.2, -0.15) is 13.2 Å². The minimum Gasteiger partial charge on any atom is -0.421 e. The van der Waals surface area contributed by atoms with Crippen molar-refractivity contribution in [2.75, 3.05) is 0 Å². The van der Waals surface area contributed by atoms with Crippen LogP contribution in [0.3, 0.4) is 0 Å². The van der Waals surface area contributed by atoms with Gasteiger partial charge in [0.05, 0.1) is 0 Å². The fourth-order valence-corrected chi connectivity index (χ4v) is 1.53. The molecule has 0 fully saturated rings. The first-order chi connectivity index (χ1) is 6.37. The van der Waals surface area contributed by atoms with E-state index in [0.717, 1.165) is 6.08 Å². The Morgan fingerprint density at radius 2 is 2.14 bits per heavy atom. The Labute approximate surface area is 83.7 Å². The van der Waals surface area contributed by atoms with E-state index in [1.54, 1.807) is 6.92 Å². The zero-order valence-electron chi connectivity index (χ0n) is 7.43. The van der Waals surface area contributed by atoms with Crippen LogP contribution in [-0.2, 0) is 8.98 Å². The number of rotatable bonds is 2. The van der Waals surface area contributed by atoms with E-state index in [4.69, 9.17) is 0 Å². The molecule has 0 aromatic carbocycles. The van der Waals surface area contributed by atoms with Crippen molar-refractivity contribution in [1.29, 1.82) is 0 Å². The summed E-state index contributed by atoms with van der Waals surface area (Å²) < 4.78 is 39.6. The van der Waals surface area contributed by atoms with E-state index in [2.05, 4.69) is 4.18 Å². The highest BCUT2D eigenvalue weighted by Gasteiger charge is 2.32. The summed E-state index contributed by atoms with van der Waals surface area (Å²) in [5.41, 5.74) is -4.43. The van der Waals surface area contributed by atoms with Crippen molar-refractivity contribution in [3.63, 3.8) is 0 Å². The van der Waals surface area contributed by atoms with Gasteiger partial charge < -0.3 is 4.18 Å². The van der Waals surface area contributed by atoms with Crippen molar-refractivity contribution in [1.82, 2.24) is 0 Å². The largest absolute Gasteiger partial charge is 0.479 e. The van der Waals surface area contributed by atoms with E-state index < -0.39 is 17.6 Å². The molecular weight excluding hydrogens is 217 g/mol. The molecule has 0 amide bonds. The van der Waals surface area contributed by atoms with Crippen molar-refractivity contribution < 1.29 is 22.1 Å². The van der Waals surface area contributed by atoms with Crippen molar-refractivity contribution in [2.45, 2.75) is 25.3 Å². The molecule has 80 valence electrons. The van der Waals surface area contributed by atoms with Crippen LogP contribution in [0.2, 0.25) is 0 Å². The molecule has 0 radical (unpaired) electrons. The number of alkyl halides is 3. The summed E-state index contributed by atoms with van der Waals surface area (Å²) in [6.07, 6.45) is 1.90. The number of allylic oxidation sites excluding steroid dienone is 2. The predicted molar refractivity (Wildman–Crippen MR) is 46.2 cm³/mol. The number of ketones is 1. The lowest BCUT2D eigenvalue weighted by Crippen LogP contribution is -2.12. The minimum atomic E-state index is -4.43. The molecule has 1 unspecified atom stereocenters. The van der Waals surface area contributed by atoms with Crippen LogP contribution in [-0.4, -0.2) is 11.3 Å². The summed E-state index contributed by atoms with van der Waals surface area (Å²) in [5.74, 6) is -0.0195. The van der Waals surface area contributed by atoms with Gasteiger partial charge in [-0.1, -0.05) is 6.92 Å². The van der Waals surface area contributed by atoms with Gasteiger partial charge in [0.15, 0.2) is 17.8 Å². The van der Waals surface area contributed by atoms with E-state index in [0.29, 0.717) is 12.8 Å². The van der Waals surface area contributed by atoms with Crippen LogP contribution < -0.4 is 0 Å². The van der Waals surface area contributed by atoms with Gasteiger partial charge in [0, 0.05) is 18.9 Å². The lowest BCUT2D eigenvalue weighted by Gasteiger charge is -2.17. The molecule has 1 aliphatic rings. The molecule has 0 saturated carbocycles. The smallest absolute Gasteiger partial charge is 0.421 e. The van der Waals surface area contributed by atoms with E-state index in [1.165, 1.54) is 0 Å². The van der Waals surface area contributed by atoms with E-state index in [-0.39, 0.29) is 17.5 Å². The Balaban J connectivity index is 2.48. The average molecular weight is 226 g/mol. The lowest BCUT2D eigenvalue weighted by atomic mass is 9.94. The summed E-state index contributed by atoms with van der Waals surface area (Å²) >= 11 is -0.576. The zero-order chi connectivity index (χ0) is 10.8. The molecule has 1 atom stereocenters. The molecule has 0 spiro atoms. The topological polar surface area (TPSA) is 26.3 Å². The Bertz CT molecular complexity index is 260. The number of carbonyl (C=O) groups is 1. The van der Waals surface area contributed by atoms with Crippen LogP contribution in [0.25, 0.3) is 0 Å². The first-order valence-electron chi connectivity index (χ1n) is 4.02. The summed E-state index contributed by atoms with van der Waals surface area (Å²) in [6, 6.07) is 0. The first-order valence-corrected chi connectivity index (χ1v) is 4.77. The van der Waals surface area contributed by atoms with Crippen LogP contribution in [0.15, 0.2) is 11.8 Å². The molecule has 0 bridgehead atoms. The van der Waals surface area contributed by atoms with E-state index in [1.807, 2.05) is 0 Å². The predicted octanol–water partition coefficient (Wildman–Crippen LogP) is 3.05. The average Bonchev–Trinajstić information content (AvgIpc) is 1.97. The van der Waals surface area contributed by atoms with Crippen molar-refractivity contribution in [3.05, 3.63) is 11.8 Å². The van der Waals surface area contributed by atoms with Crippen LogP contribution in [0.5, 0.6) is 0 Å². The van der Waals surface area contributed by atoms with Crippen LogP contribution in [0, 0.1) is 5.92 Å². The third-order valence-electron chi connectivity index (χ3n) is 1.66. The molecule has 0 aromatic heterocycles. The minimum absolute atomic E-state index is 0.0522.